The lowest BCUT2D eigenvalue weighted by Crippen LogP contribution is -2.40. The molecule has 0 saturated heterocycles. The van der Waals surface area contributed by atoms with Crippen LogP contribution >= 0.6 is 11.6 Å². The van der Waals surface area contributed by atoms with Crippen molar-refractivity contribution < 1.29 is 4.74 Å². The van der Waals surface area contributed by atoms with Gasteiger partial charge in [0, 0.05) is 11.4 Å². The van der Waals surface area contributed by atoms with E-state index in [2.05, 4.69) is 12.1 Å². The Bertz CT molecular complexity index is 317. The molecule has 0 radical (unpaired) electrons. The van der Waals surface area contributed by atoms with Crippen LogP contribution in [0, 0.1) is 0 Å². The van der Waals surface area contributed by atoms with Crippen LogP contribution in [-0.2, 0) is 11.3 Å². The minimum absolute atomic E-state index is 0.0798. The average Bonchev–Trinajstić information content (AvgIpc) is 2.32. The molecule has 0 aliphatic heterocycles. The molecule has 1 saturated carbocycles. The second kappa shape index (κ2) is 5.67. The van der Waals surface area contributed by atoms with Gasteiger partial charge in [0.1, 0.15) is 0 Å². The van der Waals surface area contributed by atoms with Crippen LogP contribution in [0.2, 0.25) is 0 Å². The first-order valence-corrected chi connectivity index (χ1v) is 6.24. The molecule has 0 amide bonds. The van der Waals surface area contributed by atoms with E-state index in [-0.39, 0.29) is 17.5 Å². The summed E-state index contributed by atoms with van der Waals surface area (Å²) in [6.45, 7) is 0.672. The number of ether oxygens (including phenoxy) is 1. The van der Waals surface area contributed by atoms with E-state index >= 15 is 0 Å². The van der Waals surface area contributed by atoms with Crippen LogP contribution in [0.15, 0.2) is 30.3 Å². The second-order valence-electron chi connectivity index (χ2n) is 4.41. The van der Waals surface area contributed by atoms with E-state index in [1.54, 1.807) is 0 Å². The smallest absolute Gasteiger partial charge is 0.0720 e. The van der Waals surface area contributed by atoms with E-state index in [9.17, 15) is 0 Å². The summed E-state index contributed by atoms with van der Waals surface area (Å²) in [5, 5.41) is 0.122. The first-order valence-electron chi connectivity index (χ1n) is 5.81. The lowest BCUT2D eigenvalue weighted by Gasteiger charge is -2.30. The van der Waals surface area contributed by atoms with Gasteiger partial charge in [0.25, 0.3) is 0 Å². The molecule has 0 aromatic heterocycles. The first kappa shape index (κ1) is 11.9. The average molecular weight is 240 g/mol. The molecule has 1 aromatic rings. The van der Waals surface area contributed by atoms with Gasteiger partial charge < -0.3 is 10.5 Å². The Kier molecular flexibility index (Phi) is 4.22. The van der Waals surface area contributed by atoms with Crippen molar-refractivity contribution in [2.24, 2.45) is 5.73 Å². The van der Waals surface area contributed by atoms with E-state index < -0.39 is 0 Å². The molecule has 1 aliphatic rings. The molecule has 16 heavy (non-hydrogen) atoms. The molecular formula is C13H18ClNO. The number of rotatable bonds is 3. The maximum absolute atomic E-state index is 6.07. The van der Waals surface area contributed by atoms with E-state index in [1.807, 2.05) is 18.2 Å². The van der Waals surface area contributed by atoms with Crippen molar-refractivity contribution in [1.29, 1.82) is 0 Å². The molecule has 2 N–H and O–H groups in total. The van der Waals surface area contributed by atoms with Gasteiger partial charge in [-0.3, -0.25) is 0 Å². The highest BCUT2D eigenvalue weighted by Crippen LogP contribution is 2.24. The third-order valence-electron chi connectivity index (χ3n) is 3.09. The molecule has 1 aliphatic carbocycles. The highest BCUT2D eigenvalue weighted by atomic mass is 35.5. The Balaban J connectivity index is 1.79. The van der Waals surface area contributed by atoms with Crippen molar-refractivity contribution in [3.05, 3.63) is 35.9 Å². The summed E-state index contributed by atoms with van der Waals surface area (Å²) in [6.07, 6.45) is 3.13. The normalized spacial score (nSPS) is 30.2. The maximum Gasteiger partial charge on any atom is 0.0720 e. The van der Waals surface area contributed by atoms with Crippen LogP contribution in [0.3, 0.4) is 0 Å². The third-order valence-corrected chi connectivity index (χ3v) is 3.63. The summed E-state index contributed by atoms with van der Waals surface area (Å²) < 4.78 is 5.85. The Morgan fingerprint density at radius 1 is 1.25 bits per heavy atom. The molecule has 0 heterocycles. The van der Waals surface area contributed by atoms with Crippen LogP contribution < -0.4 is 5.73 Å². The summed E-state index contributed by atoms with van der Waals surface area (Å²) in [6, 6.07) is 10.3. The van der Waals surface area contributed by atoms with Crippen LogP contribution in [0.4, 0.5) is 0 Å². The molecular weight excluding hydrogens is 222 g/mol. The Morgan fingerprint density at radius 3 is 2.69 bits per heavy atom. The lowest BCUT2D eigenvalue weighted by molar-refractivity contribution is 0.0130. The van der Waals surface area contributed by atoms with Crippen LogP contribution in [0.5, 0.6) is 0 Å². The topological polar surface area (TPSA) is 35.2 Å². The maximum atomic E-state index is 6.07. The van der Waals surface area contributed by atoms with Gasteiger partial charge in [0.05, 0.1) is 12.7 Å². The fourth-order valence-corrected chi connectivity index (χ4v) is 2.30. The largest absolute Gasteiger partial charge is 0.373 e. The lowest BCUT2D eigenvalue weighted by atomic mass is 9.93. The van der Waals surface area contributed by atoms with Gasteiger partial charge >= 0.3 is 0 Å². The fourth-order valence-electron chi connectivity index (χ4n) is 2.07. The van der Waals surface area contributed by atoms with Gasteiger partial charge in [0.2, 0.25) is 0 Å². The zero-order chi connectivity index (χ0) is 11.4. The number of halogens is 1. The number of hydrogen-bond donors (Lipinski definition) is 1. The number of alkyl halides is 1. The highest BCUT2D eigenvalue weighted by Gasteiger charge is 2.26. The van der Waals surface area contributed by atoms with Crippen molar-refractivity contribution in [2.45, 2.75) is 43.4 Å². The van der Waals surface area contributed by atoms with Gasteiger partial charge in [-0.2, -0.15) is 0 Å². The standard InChI is InChI=1S/C13H18ClNO/c14-12-7-6-11(8-13(12)15)16-9-10-4-2-1-3-5-10/h1-5,11-13H,6-9,15H2/t11-,12-,13-/m1/s1. The second-order valence-corrected chi connectivity index (χ2v) is 4.97. The summed E-state index contributed by atoms with van der Waals surface area (Å²) >= 11 is 6.07. The van der Waals surface area contributed by atoms with Crippen molar-refractivity contribution in [2.75, 3.05) is 0 Å². The molecule has 88 valence electrons. The third kappa shape index (κ3) is 3.21. The number of nitrogens with two attached hydrogens (primary N) is 1. The summed E-state index contributed by atoms with van der Waals surface area (Å²) in [5.41, 5.74) is 7.14. The molecule has 1 aromatic carbocycles. The van der Waals surface area contributed by atoms with Gasteiger partial charge in [-0.25, -0.2) is 0 Å². The molecule has 1 fully saturated rings. The van der Waals surface area contributed by atoms with Crippen molar-refractivity contribution in [3.63, 3.8) is 0 Å². The SMILES string of the molecule is N[C@@H]1C[C@H](OCc2ccccc2)CC[C@H]1Cl. The Labute approximate surface area is 102 Å². The van der Waals surface area contributed by atoms with Crippen molar-refractivity contribution in [1.82, 2.24) is 0 Å². The Hall–Kier alpha value is -0.570. The van der Waals surface area contributed by atoms with Crippen molar-refractivity contribution >= 4 is 11.6 Å². The van der Waals surface area contributed by atoms with E-state index in [1.165, 1.54) is 5.56 Å². The molecule has 2 nitrogen and oxygen atoms in total. The van der Waals surface area contributed by atoms with Gasteiger partial charge in [-0.15, -0.1) is 11.6 Å². The minimum Gasteiger partial charge on any atom is -0.373 e. The molecule has 3 heteroatoms. The summed E-state index contributed by atoms with van der Waals surface area (Å²) in [5.74, 6) is 0. The predicted octanol–water partition coefficient (Wildman–Crippen LogP) is 2.69. The minimum atomic E-state index is 0.0798. The molecule has 0 bridgehead atoms. The quantitative estimate of drug-likeness (QED) is 0.824. The predicted molar refractivity (Wildman–Crippen MR) is 66.5 cm³/mol. The van der Waals surface area contributed by atoms with Gasteiger partial charge in [0.15, 0.2) is 0 Å². The fraction of sp³-hybridized carbons (Fsp3) is 0.538. The van der Waals surface area contributed by atoms with Crippen LogP contribution in [0.1, 0.15) is 24.8 Å². The van der Waals surface area contributed by atoms with Gasteiger partial charge in [-0.05, 0) is 24.8 Å². The first-order chi connectivity index (χ1) is 7.75. The van der Waals surface area contributed by atoms with Crippen molar-refractivity contribution in [3.8, 4) is 0 Å². The molecule has 2 rings (SSSR count). The van der Waals surface area contributed by atoms with Gasteiger partial charge in [-0.1, -0.05) is 30.3 Å². The molecule has 0 unspecified atom stereocenters. The molecule has 0 spiro atoms. The molecule has 3 atom stereocenters. The van der Waals surface area contributed by atoms with Crippen LogP contribution in [-0.4, -0.2) is 17.5 Å². The monoisotopic (exact) mass is 239 g/mol. The number of benzene rings is 1. The zero-order valence-electron chi connectivity index (χ0n) is 9.31. The van der Waals surface area contributed by atoms with E-state index in [0.717, 1.165) is 19.3 Å². The summed E-state index contributed by atoms with van der Waals surface area (Å²) in [4.78, 5) is 0. The van der Waals surface area contributed by atoms with Crippen LogP contribution in [0.25, 0.3) is 0 Å². The summed E-state index contributed by atoms with van der Waals surface area (Å²) in [7, 11) is 0. The number of hydrogen-bond acceptors (Lipinski definition) is 2. The Morgan fingerprint density at radius 2 is 2.00 bits per heavy atom. The highest BCUT2D eigenvalue weighted by molar-refractivity contribution is 6.21. The zero-order valence-corrected chi connectivity index (χ0v) is 10.1. The van der Waals surface area contributed by atoms with E-state index in [0.29, 0.717) is 6.61 Å². The van der Waals surface area contributed by atoms with E-state index in [4.69, 9.17) is 22.1 Å².